The van der Waals surface area contributed by atoms with Gasteiger partial charge in [0.1, 0.15) is 5.75 Å². The number of carbonyl (C=O) groups excluding carboxylic acids is 1. The van der Waals surface area contributed by atoms with Crippen molar-refractivity contribution in [3.8, 4) is 5.75 Å². The molecule has 1 aliphatic rings. The summed E-state index contributed by atoms with van der Waals surface area (Å²) in [7, 11) is 1.60. The van der Waals surface area contributed by atoms with Gasteiger partial charge in [-0.25, -0.2) is 9.79 Å². The molecule has 0 bridgehead atoms. The summed E-state index contributed by atoms with van der Waals surface area (Å²) in [5, 5.41) is 2.17. The summed E-state index contributed by atoms with van der Waals surface area (Å²) >= 11 is 3.47. The first kappa shape index (κ1) is 16.5. The molecule has 0 aromatic heterocycles. The normalized spacial score (nSPS) is 15.2. The van der Waals surface area contributed by atoms with Crippen molar-refractivity contribution in [1.82, 2.24) is 0 Å². The monoisotopic (exact) mass is 407 g/mol. The Balaban J connectivity index is 1.76. The third-order valence-electron chi connectivity index (χ3n) is 4.14. The van der Waals surface area contributed by atoms with Crippen LogP contribution in [0.3, 0.4) is 0 Å². The molecule has 0 unspecified atom stereocenters. The van der Waals surface area contributed by atoms with Crippen LogP contribution in [0.4, 0.5) is 0 Å². The van der Waals surface area contributed by atoms with Crippen molar-refractivity contribution in [1.29, 1.82) is 0 Å². The van der Waals surface area contributed by atoms with Crippen LogP contribution in [0.25, 0.3) is 16.8 Å². The van der Waals surface area contributed by atoms with Gasteiger partial charge in [-0.3, -0.25) is 0 Å². The molecule has 0 amide bonds. The van der Waals surface area contributed by atoms with Crippen molar-refractivity contribution in [2.24, 2.45) is 4.99 Å². The summed E-state index contributed by atoms with van der Waals surface area (Å²) in [6.45, 7) is 0. The van der Waals surface area contributed by atoms with Crippen LogP contribution in [-0.2, 0) is 9.53 Å². The van der Waals surface area contributed by atoms with Crippen molar-refractivity contribution in [2.75, 3.05) is 7.11 Å². The number of fused-ring (bicyclic) bond motifs is 1. The minimum Gasteiger partial charge on any atom is -0.497 e. The number of hydrogen-bond donors (Lipinski definition) is 0. The summed E-state index contributed by atoms with van der Waals surface area (Å²) in [6.07, 6.45) is 1.76. The first-order chi connectivity index (χ1) is 12.7. The molecule has 0 fully saturated rings. The summed E-state index contributed by atoms with van der Waals surface area (Å²) in [5.74, 6) is 0.517. The second-order valence-corrected chi connectivity index (χ2v) is 6.60. The Morgan fingerprint density at radius 1 is 1.08 bits per heavy atom. The van der Waals surface area contributed by atoms with E-state index < -0.39 is 5.97 Å². The van der Waals surface area contributed by atoms with Gasteiger partial charge in [-0.05, 0) is 56.5 Å². The standard InChI is InChI=1S/C21H14BrNO3/c1-25-15-9-10-17(18(22)12-15)20-23-19(21(24)26-20)11-14-7-4-6-13-5-2-3-8-16(13)14/h2-12H,1H3. The lowest BCUT2D eigenvalue weighted by atomic mass is 10.0. The van der Waals surface area contributed by atoms with E-state index in [9.17, 15) is 4.79 Å². The molecule has 0 N–H and O–H groups in total. The van der Waals surface area contributed by atoms with Crippen molar-refractivity contribution in [2.45, 2.75) is 0 Å². The predicted molar refractivity (Wildman–Crippen MR) is 105 cm³/mol. The molecular formula is C21H14BrNO3. The van der Waals surface area contributed by atoms with Crippen molar-refractivity contribution in [3.63, 3.8) is 0 Å². The van der Waals surface area contributed by atoms with Crippen LogP contribution in [0, 0.1) is 0 Å². The van der Waals surface area contributed by atoms with E-state index in [1.54, 1.807) is 31.4 Å². The highest BCUT2D eigenvalue weighted by Gasteiger charge is 2.25. The summed E-state index contributed by atoms with van der Waals surface area (Å²) < 4.78 is 11.3. The van der Waals surface area contributed by atoms with E-state index in [1.807, 2.05) is 42.5 Å². The number of aliphatic imine (C=N–C) groups is 1. The molecule has 26 heavy (non-hydrogen) atoms. The van der Waals surface area contributed by atoms with Gasteiger partial charge in [0.2, 0.25) is 5.90 Å². The predicted octanol–water partition coefficient (Wildman–Crippen LogP) is 4.96. The zero-order valence-corrected chi connectivity index (χ0v) is 15.5. The lowest BCUT2D eigenvalue weighted by molar-refractivity contribution is -0.129. The smallest absolute Gasteiger partial charge is 0.363 e. The third kappa shape index (κ3) is 3.02. The zero-order chi connectivity index (χ0) is 18.1. The van der Waals surface area contributed by atoms with Crippen LogP contribution in [0.15, 0.2) is 75.8 Å². The van der Waals surface area contributed by atoms with Gasteiger partial charge in [0.25, 0.3) is 0 Å². The number of ether oxygens (including phenoxy) is 2. The number of esters is 1. The van der Waals surface area contributed by atoms with Crippen LogP contribution in [-0.4, -0.2) is 19.0 Å². The van der Waals surface area contributed by atoms with Crippen LogP contribution in [0.5, 0.6) is 5.75 Å². The number of hydrogen-bond acceptors (Lipinski definition) is 4. The van der Waals surface area contributed by atoms with Crippen LogP contribution < -0.4 is 4.74 Å². The molecule has 4 rings (SSSR count). The Bertz CT molecular complexity index is 1080. The Kier molecular flexibility index (Phi) is 4.31. The largest absolute Gasteiger partial charge is 0.497 e. The molecule has 0 atom stereocenters. The van der Waals surface area contributed by atoms with Gasteiger partial charge < -0.3 is 9.47 Å². The molecule has 0 aliphatic carbocycles. The maximum absolute atomic E-state index is 12.3. The minimum atomic E-state index is -0.462. The molecule has 3 aromatic rings. The summed E-state index contributed by atoms with van der Waals surface area (Å²) in [4.78, 5) is 16.7. The van der Waals surface area contributed by atoms with Gasteiger partial charge in [-0.15, -0.1) is 0 Å². The van der Waals surface area contributed by atoms with Gasteiger partial charge in [0.15, 0.2) is 5.70 Å². The van der Waals surface area contributed by atoms with E-state index in [4.69, 9.17) is 9.47 Å². The quantitative estimate of drug-likeness (QED) is 0.455. The number of nitrogens with zero attached hydrogens (tertiary/aromatic N) is 1. The highest BCUT2D eigenvalue weighted by Crippen LogP contribution is 2.28. The lowest BCUT2D eigenvalue weighted by Gasteiger charge is -2.05. The summed E-state index contributed by atoms with van der Waals surface area (Å²) in [6, 6.07) is 19.4. The topological polar surface area (TPSA) is 47.9 Å². The molecule has 0 saturated heterocycles. The number of cyclic esters (lactones) is 1. The number of benzene rings is 3. The number of methoxy groups -OCH3 is 1. The maximum Gasteiger partial charge on any atom is 0.363 e. The Morgan fingerprint density at radius 3 is 2.69 bits per heavy atom. The number of carbonyl (C=O) groups is 1. The second kappa shape index (κ2) is 6.77. The molecule has 0 saturated carbocycles. The Morgan fingerprint density at radius 2 is 1.88 bits per heavy atom. The second-order valence-electron chi connectivity index (χ2n) is 5.75. The molecule has 1 aliphatic heterocycles. The highest BCUT2D eigenvalue weighted by atomic mass is 79.9. The van der Waals surface area contributed by atoms with E-state index in [2.05, 4.69) is 20.9 Å². The number of rotatable bonds is 3. The fraction of sp³-hybridized carbons (Fsp3) is 0.0476. The fourth-order valence-corrected chi connectivity index (χ4v) is 3.37. The zero-order valence-electron chi connectivity index (χ0n) is 13.9. The molecule has 5 heteroatoms. The molecule has 4 nitrogen and oxygen atoms in total. The van der Waals surface area contributed by atoms with Crippen molar-refractivity contribution < 1.29 is 14.3 Å². The molecular weight excluding hydrogens is 394 g/mol. The first-order valence-electron chi connectivity index (χ1n) is 8.00. The van der Waals surface area contributed by atoms with Gasteiger partial charge >= 0.3 is 5.97 Å². The molecule has 0 radical (unpaired) electrons. The number of halogens is 1. The molecule has 3 aromatic carbocycles. The molecule has 1 heterocycles. The minimum absolute atomic E-state index is 0.274. The molecule has 128 valence electrons. The average molecular weight is 408 g/mol. The van der Waals surface area contributed by atoms with Gasteiger partial charge in [0, 0.05) is 4.47 Å². The Hall–Kier alpha value is -2.92. The van der Waals surface area contributed by atoms with Crippen molar-refractivity contribution in [3.05, 3.63) is 82.0 Å². The maximum atomic E-state index is 12.3. The first-order valence-corrected chi connectivity index (χ1v) is 8.79. The fourth-order valence-electron chi connectivity index (χ4n) is 2.84. The van der Waals surface area contributed by atoms with Gasteiger partial charge in [-0.1, -0.05) is 42.5 Å². The average Bonchev–Trinajstić information content (AvgIpc) is 3.02. The third-order valence-corrected chi connectivity index (χ3v) is 4.80. The van der Waals surface area contributed by atoms with E-state index >= 15 is 0 Å². The van der Waals surface area contributed by atoms with E-state index in [1.165, 1.54) is 0 Å². The van der Waals surface area contributed by atoms with Crippen molar-refractivity contribution >= 4 is 44.6 Å². The van der Waals surface area contributed by atoms with Gasteiger partial charge in [0.05, 0.1) is 12.7 Å². The van der Waals surface area contributed by atoms with Crippen LogP contribution >= 0.6 is 15.9 Å². The van der Waals surface area contributed by atoms with E-state index in [0.717, 1.165) is 20.8 Å². The molecule has 0 spiro atoms. The van der Waals surface area contributed by atoms with E-state index in [0.29, 0.717) is 11.3 Å². The Labute approximate surface area is 158 Å². The lowest BCUT2D eigenvalue weighted by Crippen LogP contribution is -2.06. The summed E-state index contributed by atoms with van der Waals surface area (Å²) in [5.41, 5.74) is 1.90. The van der Waals surface area contributed by atoms with Gasteiger partial charge in [-0.2, -0.15) is 0 Å². The van der Waals surface area contributed by atoms with Crippen LogP contribution in [0.2, 0.25) is 0 Å². The highest BCUT2D eigenvalue weighted by molar-refractivity contribution is 9.10. The van der Waals surface area contributed by atoms with E-state index in [-0.39, 0.29) is 11.6 Å². The SMILES string of the molecule is COc1ccc(C2=NC(=Cc3cccc4ccccc34)C(=O)O2)c(Br)c1. The van der Waals surface area contributed by atoms with Crippen LogP contribution in [0.1, 0.15) is 11.1 Å².